The van der Waals surface area contributed by atoms with Gasteiger partial charge < -0.3 is 42.0 Å². The first-order chi connectivity index (χ1) is 14.7. The third-order valence-electron chi connectivity index (χ3n) is 3.64. The van der Waals surface area contributed by atoms with Gasteiger partial charge in [-0.1, -0.05) is 0 Å². The summed E-state index contributed by atoms with van der Waals surface area (Å²) in [5.74, 6) is 0. The van der Waals surface area contributed by atoms with E-state index in [0.29, 0.717) is 0 Å². The zero-order valence-electron chi connectivity index (χ0n) is 20.5. The Morgan fingerprint density at radius 3 is 1.31 bits per heavy atom. The van der Waals surface area contributed by atoms with E-state index in [0.717, 1.165) is 0 Å². The van der Waals surface area contributed by atoms with Crippen molar-refractivity contribution in [3.63, 3.8) is 0 Å². The lowest BCUT2D eigenvalue weighted by Gasteiger charge is -2.22. The molecule has 32 heavy (non-hydrogen) atoms. The predicted octanol–water partition coefficient (Wildman–Crippen LogP) is 0.983. The summed E-state index contributed by atoms with van der Waals surface area (Å²) >= 11 is 0. The van der Waals surface area contributed by atoms with E-state index >= 15 is 0 Å². The normalized spacial score (nSPS) is 13.8. The molecule has 0 aromatic heterocycles. The number of rotatable bonds is 10. The monoisotopic (exact) mass is 459 g/mol. The van der Waals surface area contributed by atoms with E-state index in [1.165, 1.54) is 0 Å². The van der Waals surface area contributed by atoms with Crippen LogP contribution in [0.1, 0.15) is 55.4 Å². The van der Waals surface area contributed by atoms with Crippen LogP contribution in [0.2, 0.25) is 0 Å². The highest BCUT2D eigenvalue weighted by atomic mass is 16.6. The lowest BCUT2D eigenvalue weighted by Crippen LogP contribution is -2.52. The Balaban J connectivity index is 4.05. The van der Waals surface area contributed by atoms with Crippen LogP contribution in [0.25, 0.3) is 0 Å². The van der Waals surface area contributed by atoms with Crippen molar-refractivity contribution < 1.29 is 23.9 Å². The van der Waals surface area contributed by atoms with Crippen molar-refractivity contribution >= 4 is 24.2 Å². The van der Waals surface area contributed by atoms with Crippen LogP contribution in [-0.4, -0.2) is 73.6 Å². The summed E-state index contributed by atoms with van der Waals surface area (Å²) in [4.78, 5) is 47.2. The Bertz CT molecular complexity index is 622. The average Bonchev–Trinajstić information content (AvgIpc) is 2.61. The van der Waals surface area contributed by atoms with Crippen LogP contribution in [0, 0.1) is 0 Å². The van der Waals surface area contributed by atoms with Crippen LogP contribution < -0.4 is 37.2 Å². The maximum Gasteiger partial charge on any atom is 0.407 e. The summed E-state index contributed by atoms with van der Waals surface area (Å²) < 4.78 is 5.16. The molecule has 7 amide bonds. The number of ether oxygens (including phenoxy) is 1. The zero-order valence-corrected chi connectivity index (χ0v) is 20.5. The molecule has 186 valence electrons. The summed E-state index contributed by atoms with van der Waals surface area (Å²) in [5, 5.41) is 18.7. The maximum absolute atomic E-state index is 12.0. The van der Waals surface area contributed by atoms with Crippen LogP contribution in [0.3, 0.4) is 0 Å². The van der Waals surface area contributed by atoms with Gasteiger partial charge in [-0.2, -0.15) is 0 Å². The molecule has 0 aromatic rings. The van der Waals surface area contributed by atoms with E-state index < -0.39 is 23.8 Å². The van der Waals surface area contributed by atoms with Gasteiger partial charge in [-0.25, -0.2) is 19.2 Å². The van der Waals surface area contributed by atoms with E-state index in [9.17, 15) is 19.2 Å². The van der Waals surface area contributed by atoms with Crippen molar-refractivity contribution in [3.05, 3.63) is 0 Å². The minimum absolute atomic E-state index is 0.0252. The third kappa shape index (κ3) is 16.8. The Morgan fingerprint density at radius 2 is 0.969 bits per heavy atom. The Kier molecular flexibility index (Phi) is 12.9. The van der Waals surface area contributed by atoms with E-state index in [-0.39, 0.29) is 49.8 Å². The van der Waals surface area contributed by atoms with Crippen molar-refractivity contribution in [3.8, 4) is 0 Å². The molecule has 12 heteroatoms. The van der Waals surface area contributed by atoms with Gasteiger partial charge in [-0.05, 0) is 55.4 Å². The SMILES string of the molecule is CC(C)NC(=O)NC[C@H](C)NC(=O)NC[C@H](C)NC(=O)NC[C@H](C)NC(=O)OC(C)(C)C. The molecule has 12 nitrogen and oxygen atoms in total. The van der Waals surface area contributed by atoms with Gasteiger partial charge in [0, 0.05) is 43.8 Å². The molecule has 0 saturated heterocycles. The molecule has 7 N–H and O–H groups in total. The van der Waals surface area contributed by atoms with Crippen molar-refractivity contribution in [2.45, 2.75) is 85.2 Å². The number of hydrogen-bond donors (Lipinski definition) is 7. The number of nitrogens with one attached hydrogen (secondary N) is 7. The summed E-state index contributed by atoms with van der Waals surface area (Å²) in [6.45, 7) is 14.9. The number of alkyl carbamates (subject to hydrolysis) is 1. The smallest absolute Gasteiger partial charge is 0.407 e. The second-order valence-corrected chi connectivity index (χ2v) is 9.07. The molecular formula is C20H41N7O5. The highest BCUT2D eigenvalue weighted by Crippen LogP contribution is 2.06. The summed E-state index contributed by atoms with van der Waals surface area (Å²) in [7, 11) is 0. The van der Waals surface area contributed by atoms with Gasteiger partial charge in [0.1, 0.15) is 5.60 Å². The average molecular weight is 460 g/mol. The predicted molar refractivity (Wildman–Crippen MR) is 122 cm³/mol. The Labute approximate surface area is 190 Å². The number of amides is 7. The quantitative estimate of drug-likeness (QED) is 0.259. The molecule has 0 aliphatic heterocycles. The second kappa shape index (κ2) is 14.2. The largest absolute Gasteiger partial charge is 0.444 e. The fourth-order valence-electron chi connectivity index (χ4n) is 2.26. The van der Waals surface area contributed by atoms with E-state index in [2.05, 4.69) is 37.2 Å². The van der Waals surface area contributed by atoms with Crippen LogP contribution in [0.4, 0.5) is 19.2 Å². The molecule has 0 radical (unpaired) electrons. The molecule has 0 rings (SSSR count). The fraction of sp³-hybridized carbons (Fsp3) is 0.800. The van der Waals surface area contributed by atoms with Crippen LogP contribution >= 0.6 is 0 Å². The number of hydrogen-bond acceptors (Lipinski definition) is 5. The summed E-state index contributed by atoms with van der Waals surface area (Å²) in [5.41, 5.74) is -0.597. The van der Waals surface area contributed by atoms with Gasteiger partial charge in [0.05, 0.1) is 0 Å². The fourth-order valence-corrected chi connectivity index (χ4v) is 2.26. The van der Waals surface area contributed by atoms with E-state index in [4.69, 9.17) is 4.74 Å². The molecule has 0 fully saturated rings. The maximum atomic E-state index is 12.0. The molecule has 0 spiro atoms. The first kappa shape index (κ1) is 29.1. The highest BCUT2D eigenvalue weighted by molar-refractivity contribution is 5.76. The molecule has 3 atom stereocenters. The lowest BCUT2D eigenvalue weighted by molar-refractivity contribution is 0.0508. The molecule has 0 saturated carbocycles. The van der Waals surface area contributed by atoms with Crippen molar-refractivity contribution in [1.82, 2.24) is 37.2 Å². The lowest BCUT2D eigenvalue weighted by atomic mass is 10.2. The number of urea groups is 3. The van der Waals surface area contributed by atoms with Crippen LogP contribution in [-0.2, 0) is 4.74 Å². The first-order valence-electron chi connectivity index (χ1n) is 10.8. The van der Waals surface area contributed by atoms with Gasteiger partial charge in [0.25, 0.3) is 0 Å². The van der Waals surface area contributed by atoms with Gasteiger partial charge in [-0.15, -0.1) is 0 Å². The molecule has 0 bridgehead atoms. The highest BCUT2D eigenvalue weighted by Gasteiger charge is 2.18. The van der Waals surface area contributed by atoms with Crippen molar-refractivity contribution in [2.24, 2.45) is 0 Å². The topological polar surface area (TPSA) is 162 Å². The molecule has 0 aliphatic carbocycles. The van der Waals surface area contributed by atoms with Crippen molar-refractivity contribution in [1.29, 1.82) is 0 Å². The van der Waals surface area contributed by atoms with E-state index in [1.54, 1.807) is 41.5 Å². The Morgan fingerprint density at radius 1 is 0.625 bits per heavy atom. The molecule has 0 aromatic carbocycles. The summed E-state index contributed by atoms with van der Waals surface area (Å²) in [6.07, 6.45) is -0.555. The van der Waals surface area contributed by atoms with Gasteiger partial charge in [-0.3, -0.25) is 0 Å². The van der Waals surface area contributed by atoms with Crippen molar-refractivity contribution in [2.75, 3.05) is 19.6 Å². The van der Waals surface area contributed by atoms with Gasteiger partial charge in [0.15, 0.2) is 0 Å². The molecular weight excluding hydrogens is 418 g/mol. The zero-order chi connectivity index (χ0) is 24.9. The van der Waals surface area contributed by atoms with Crippen LogP contribution in [0.15, 0.2) is 0 Å². The molecule has 0 aliphatic rings. The summed E-state index contributed by atoms with van der Waals surface area (Å²) in [6, 6.07) is -2.05. The third-order valence-corrected chi connectivity index (χ3v) is 3.64. The van der Waals surface area contributed by atoms with Gasteiger partial charge in [0.2, 0.25) is 0 Å². The molecule has 0 heterocycles. The standard InChI is InChI=1S/C20H41N7O5/c1-12(2)24-16(28)21-9-13(3)25-17(29)22-10-14(4)26-18(30)23-11-15(5)27-19(31)32-20(6,7)8/h12-15H,9-11H2,1-8H3,(H,27,31)(H2,21,24,28)(H2,22,25,29)(H2,23,26,30)/t13-,14-,15-/m0/s1. The minimum Gasteiger partial charge on any atom is -0.444 e. The first-order valence-corrected chi connectivity index (χ1v) is 10.8. The minimum atomic E-state index is -0.597. The van der Waals surface area contributed by atoms with E-state index in [1.807, 2.05) is 13.8 Å². The number of carbonyl (C=O) groups excluding carboxylic acids is 4. The van der Waals surface area contributed by atoms with Gasteiger partial charge >= 0.3 is 24.2 Å². The molecule has 0 unspecified atom stereocenters. The Hall–Kier alpha value is -2.92. The second-order valence-electron chi connectivity index (χ2n) is 9.07. The van der Waals surface area contributed by atoms with Crippen LogP contribution in [0.5, 0.6) is 0 Å². The number of carbonyl (C=O) groups is 4.